The molecule has 0 atom stereocenters. The highest BCUT2D eigenvalue weighted by Crippen LogP contribution is 2.24. The Morgan fingerprint density at radius 1 is 1.11 bits per heavy atom. The summed E-state index contributed by atoms with van der Waals surface area (Å²) in [6, 6.07) is 15.7. The lowest BCUT2D eigenvalue weighted by Gasteiger charge is -2.23. The van der Waals surface area contributed by atoms with E-state index in [2.05, 4.69) is 32.8 Å². The van der Waals surface area contributed by atoms with E-state index in [1.807, 2.05) is 50.2 Å². The highest BCUT2D eigenvalue weighted by molar-refractivity contribution is 6.31. The van der Waals surface area contributed by atoms with Crippen LogP contribution < -0.4 is 15.4 Å². The van der Waals surface area contributed by atoms with E-state index in [9.17, 15) is 9.59 Å². The van der Waals surface area contributed by atoms with E-state index < -0.39 is 0 Å². The average molecular weight is 538 g/mol. The number of amides is 2. The van der Waals surface area contributed by atoms with Crippen molar-refractivity contribution in [1.29, 1.82) is 0 Å². The maximum absolute atomic E-state index is 13.0. The Balaban J connectivity index is 1.48. The summed E-state index contributed by atoms with van der Waals surface area (Å²) in [6.07, 6.45) is 2.74. The maximum atomic E-state index is 13.0. The highest BCUT2D eigenvalue weighted by atomic mass is 35.5. The third kappa shape index (κ3) is 7.58. The Morgan fingerprint density at radius 3 is 2.68 bits per heavy atom. The Bertz CT molecular complexity index is 1240. The van der Waals surface area contributed by atoms with Gasteiger partial charge in [-0.1, -0.05) is 48.0 Å². The molecule has 0 bridgehead atoms. The first-order valence-electron chi connectivity index (χ1n) is 13.2. The number of hydrogen-bond donors (Lipinski definition) is 2. The summed E-state index contributed by atoms with van der Waals surface area (Å²) in [4.78, 5) is 27.7. The van der Waals surface area contributed by atoms with Crippen LogP contribution in [0.5, 0.6) is 5.75 Å². The van der Waals surface area contributed by atoms with Crippen LogP contribution in [0.3, 0.4) is 0 Å². The Labute approximate surface area is 229 Å². The summed E-state index contributed by atoms with van der Waals surface area (Å²) in [6.45, 7) is 7.40. The number of aromatic nitrogens is 2. The molecule has 0 fully saturated rings. The van der Waals surface area contributed by atoms with E-state index in [0.717, 1.165) is 41.8 Å². The minimum atomic E-state index is -0.174. The van der Waals surface area contributed by atoms with Crippen LogP contribution in [0.25, 0.3) is 0 Å². The van der Waals surface area contributed by atoms with Gasteiger partial charge in [0.05, 0.1) is 36.1 Å². The number of nitrogens with one attached hydrogen (secondary N) is 2. The minimum absolute atomic E-state index is 0.0162. The fraction of sp³-hybridized carbons (Fsp3) is 0.414. The fourth-order valence-electron chi connectivity index (χ4n) is 4.55. The van der Waals surface area contributed by atoms with Gasteiger partial charge in [-0.2, -0.15) is 5.10 Å². The zero-order valence-electron chi connectivity index (χ0n) is 22.1. The first-order valence-corrected chi connectivity index (χ1v) is 13.5. The van der Waals surface area contributed by atoms with Crippen LogP contribution in [-0.2, 0) is 24.4 Å². The van der Waals surface area contributed by atoms with Gasteiger partial charge in [0.2, 0.25) is 5.91 Å². The van der Waals surface area contributed by atoms with E-state index in [-0.39, 0.29) is 18.4 Å². The number of carbonyl (C=O) groups is 2. The summed E-state index contributed by atoms with van der Waals surface area (Å²) >= 11 is 6.23. The second-order valence-electron chi connectivity index (χ2n) is 9.68. The summed E-state index contributed by atoms with van der Waals surface area (Å²) < 4.78 is 7.99. The molecule has 0 saturated heterocycles. The number of benzene rings is 2. The number of hydrogen-bond acceptors (Lipinski definition) is 5. The molecular weight excluding hydrogens is 502 g/mol. The van der Waals surface area contributed by atoms with E-state index in [0.29, 0.717) is 55.7 Å². The first kappa shape index (κ1) is 27.7. The van der Waals surface area contributed by atoms with E-state index in [1.165, 1.54) is 0 Å². The smallest absolute Gasteiger partial charge is 0.251 e. The quantitative estimate of drug-likeness (QED) is 0.490. The molecule has 2 amide bonds. The second-order valence-corrected chi connectivity index (χ2v) is 10.1. The van der Waals surface area contributed by atoms with Gasteiger partial charge in [-0.05, 0) is 50.8 Å². The van der Waals surface area contributed by atoms with Crippen molar-refractivity contribution in [2.75, 3.05) is 26.2 Å². The number of rotatable bonds is 6. The zero-order valence-corrected chi connectivity index (χ0v) is 22.9. The topological polar surface area (TPSA) is 88.5 Å². The molecule has 0 saturated carbocycles. The normalized spacial score (nSPS) is 15.3. The molecular formula is C29H36ClN5O3. The summed E-state index contributed by atoms with van der Waals surface area (Å²) in [5.41, 5.74) is 4.28. The molecule has 0 radical (unpaired) electrons. The third-order valence-corrected chi connectivity index (χ3v) is 7.19. The molecule has 1 aromatic heterocycles. The standard InChI is InChI=1S/C29H36ClN5O3/c1-21-28(30)22(2)35(33-21)15-14-32-29(37)24-11-12-25-19-34(18-23-9-5-3-6-10-23)20-27(36)31-13-7-4-8-16-38-26(25)17-24/h3,5-6,9-12,17H,4,7-8,13-16,18-20H2,1-2H3,(H,31,36)(H,32,37). The molecule has 202 valence electrons. The molecule has 4 rings (SSSR count). The van der Waals surface area contributed by atoms with Crippen LogP contribution in [-0.4, -0.2) is 52.7 Å². The number of nitrogens with zero attached hydrogens (tertiary/aromatic N) is 3. The van der Waals surface area contributed by atoms with Crippen LogP contribution in [0.4, 0.5) is 0 Å². The average Bonchev–Trinajstić information content (AvgIpc) is 3.16. The van der Waals surface area contributed by atoms with Crippen LogP contribution >= 0.6 is 11.6 Å². The molecule has 0 spiro atoms. The lowest BCUT2D eigenvalue weighted by molar-refractivity contribution is -0.122. The monoisotopic (exact) mass is 537 g/mol. The number of carbonyl (C=O) groups excluding carboxylic acids is 2. The lowest BCUT2D eigenvalue weighted by atomic mass is 10.1. The maximum Gasteiger partial charge on any atom is 0.251 e. The molecule has 38 heavy (non-hydrogen) atoms. The van der Waals surface area contributed by atoms with Gasteiger partial charge < -0.3 is 15.4 Å². The van der Waals surface area contributed by atoms with Crippen molar-refractivity contribution < 1.29 is 14.3 Å². The molecule has 0 unspecified atom stereocenters. The van der Waals surface area contributed by atoms with Gasteiger partial charge in [0.25, 0.3) is 5.91 Å². The molecule has 9 heteroatoms. The summed E-state index contributed by atoms with van der Waals surface area (Å²) in [7, 11) is 0. The Morgan fingerprint density at radius 2 is 1.92 bits per heavy atom. The Kier molecular flexibility index (Phi) is 9.79. The second kappa shape index (κ2) is 13.4. The van der Waals surface area contributed by atoms with Crippen molar-refractivity contribution >= 4 is 23.4 Å². The van der Waals surface area contributed by atoms with Gasteiger partial charge in [-0.3, -0.25) is 19.2 Å². The third-order valence-electron chi connectivity index (χ3n) is 6.64. The minimum Gasteiger partial charge on any atom is -0.493 e. The van der Waals surface area contributed by atoms with Gasteiger partial charge >= 0.3 is 0 Å². The van der Waals surface area contributed by atoms with Crippen LogP contribution in [0, 0.1) is 13.8 Å². The first-order chi connectivity index (χ1) is 18.4. The fourth-order valence-corrected chi connectivity index (χ4v) is 4.69. The van der Waals surface area contributed by atoms with Gasteiger partial charge in [-0.25, -0.2) is 0 Å². The lowest BCUT2D eigenvalue weighted by Crippen LogP contribution is -2.37. The Hall–Kier alpha value is -3.36. The molecule has 8 nitrogen and oxygen atoms in total. The van der Waals surface area contributed by atoms with Gasteiger partial charge in [0.1, 0.15) is 5.75 Å². The van der Waals surface area contributed by atoms with E-state index >= 15 is 0 Å². The van der Waals surface area contributed by atoms with Crippen LogP contribution in [0.15, 0.2) is 48.5 Å². The van der Waals surface area contributed by atoms with Crippen molar-refractivity contribution in [3.8, 4) is 5.75 Å². The van der Waals surface area contributed by atoms with Crippen molar-refractivity contribution in [1.82, 2.24) is 25.3 Å². The van der Waals surface area contributed by atoms with E-state index in [4.69, 9.17) is 16.3 Å². The molecule has 1 aliphatic heterocycles. The molecule has 1 aliphatic rings. The summed E-state index contributed by atoms with van der Waals surface area (Å²) in [5, 5.41) is 11.1. The predicted molar refractivity (Wildman–Crippen MR) is 148 cm³/mol. The number of aryl methyl sites for hydroxylation is 1. The van der Waals surface area contributed by atoms with Crippen LogP contribution in [0.1, 0.15) is 52.1 Å². The largest absolute Gasteiger partial charge is 0.493 e. The number of ether oxygens (including phenoxy) is 1. The van der Waals surface area contributed by atoms with E-state index in [1.54, 1.807) is 4.68 Å². The van der Waals surface area contributed by atoms with Gasteiger partial charge in [0, 0.05) is 37.3 Å². The molecule has 0 aliphatic carbocycles. The van der Waals surface area contributed by atoms with Gasteiger partial charge in [-0.15, -0.1) is 0 Å². The van der Waals surface area contributed by atoms with Crippen LogP contribution in [0.2, 0.25) is 5.02 Å². The predicted octanol–water partition coefficient (Wildman–Crippen LogP) is 4.26. The van der Waals surface area contributed by atoms with Crippen molar-refractivity contribution in [2.45, 2.75) is 52.7 Å². The molecule has 2 N–H and O–H groups in total. The van der Waals surface area contributed by atoms with Crippen molar-refractivity contribution in [2.24, 2.45) is 0 Å². The molecule has 3 aromatic rings. The van der Waals surface area contributed by atoms with Crippen molar-refractivity contribution in [3.05, 3.63) is 81.6 Å². The van der Waals surface area contributed by atoms with Gasteiger partial charge in [0.15, 0.2) is 0 Å². The number of fused-ring (bicyclic) bond motifs is 1. The molecule has 2 aromatic carbocycles. The molecule has 2 heterocycles. The number of halogens is 1. The highest BCUT2D eigenvalue weighted by Gasteiger charge is 2.17. The van der Waals surface area contributed by atoms with Crippen molar-refractivity contribution in [3.63, 3.8) is 0 Å². The summed E-state index contributed by atoms with van der Waals surface area (Å²) in [5.74, 6) is 0.524. The SMILES string of the molecule is Cc1nn(CCNC(=O)c2ccc3c(c2)OCCCCCNC(=O)CN(Cc2ccccc2)C3)c(C)c1Cl. The zero-order chi connectivity index (χ0) is 26.9.